The van der Waals surface area contributed by atoms with Gasteiger partial charge in [0.1, 0.15) is 12.1 Å². The number of aryl methyl sites for hydroxylation is 1. The van der Waals surface area contributed by atoms with Gasteiger partial charge >= 0.3 is 0 Å². The largest absolute Gasteiger partial charge is 0.356 e. The maximum absolute atomic E-state index is 12.3. The number of amides is 1. The number of nitrogens with two attached hydrogens (primary N) is 1. The van der Waals surface area contributed by atoms with Gasteiger partial charge in [-0.15, -0.1) is 24.8 Å². The Morgan fingerprint density at radius 2 is 1.89 bits per heavy atom. The minimum absolute atomic E-state index is 0. The second kappa shape index (κ2) is 11.8. The molecule has 1 aromatic heterocycles. The molecule has 2 aromatic rings. The Kier molecular flexibility index (Phi) is 10.2. The van der Waals surface area contributed by atoms with Crippen LogP contribution < -0.4 is 16.0 Å². The SMILES string of the molecule is CCc1cc(N2CCC(NC(=O)CC(N)c3ccccc3)CC2)ncn1.Cl.Cl. The van der Waals surface area contributed by atoms with Gasteiger partial charge < -0.3 is 16.0 Å². The number of rotatable bonds is 6. The van der Waals surface area contributed by atoms with Crippen molar-refractivity contribution in [2.24, 2.45) is 5.73 Å². The van der Waals surface area contributed by atoms with E-state index in [-0.39, 0.29) is 42.8 Å². The molecule has 3 N–H and O–H groups in total. The van der Waals surface area contributed by atoms with Gasteiger partial charge in [0.2, 0.25) is 5.91 Å². The minimum atomic E-state index is -0.259. The first-order chi connectivity index (χ1) is 12.7. The molecule has 0 radical (unpaired) electrons. The van der Waals surface area contributed by atoms with Gasteiger partial charge in [-0.05, 0) is 24.8 Å². The molecule has 1 fully saturated rings. The van der Waals surface area contributed by atoms with Crippen LogP contribution in [0.1, 0.15) is 43.5 Å². The van der Waals surface area contributed by atoms with E-state index in [1.807, 2.05) is 30.3 Å². The summed E-state index contributed by atoms with van der Waals surface area (Å²) in [6.07, 6.45) is 4.68. The standard InChI is InChI=1S/C20H27N5O.2ClH/c1-2-16-12-19(23-14-22-16)25-10-8-17(9-11-25)24-20(26)13-18(21)15-6-4-3-5-7-15;;/h3-7,12,14,17-18H,2,8-11,13,21H2,1H3,(H,24,26);2*1H. The van der Waals surface area contributed by atoms with E-state index in [2.05, 4.69) is 33.2 Å². The highest BCUT2D eigenvalue weighted by Gasteiger charge is 2.22. The smallest absolute Gasteiger partial charge is 0.222 e. The fourth-order valence-electron chi connectivity index (χ4n) is 3.31. The number of aromatic nitrogens is 2. The maximum atomic E-state index is 12.3. The molecule has 1 aliphatic rings. The molecular formula is C20H29Cl2N5O. The van der Waals surface area contributed by atoms with Gasteiger partial charge in [-0.2, -0.15) is 0 Å². The summed E-state index contributed by atoms with van der Waals surface area (Å²) in [5, 5.41) is 3.14. The van der Waals surface area contributed by atoms with Gasteiger partial charge in [0.15, 0.2) is 0 Å². The molecule has 3 rings (SSSR count). The van der Waals surface area contributed by atoms with Crippen molar-refractivity contribution in [2.75, 3.05) is 18.0 Å². The quantitative estimate of drug-likeness (QED) is 0.742. The van der Waals surface area contributed by atoms with Crippen molar-refractivity contribution < 1.29 is 4.79 Å². The molecule has 1 unspecified atom stereocenters. The van der Waals surface area contributed by atoms with Gasteiger partial charge in [0.25, 0.3) is 0 Å². The molecule has 1 aliphatic heterocycles. The zero-order valence-electron chi connectivity index (χ0n) is 16.1. The summed E-state index contributed by atoms with van der Waals surface area (Å²) in [6, 6.07) is 11.8. The lowest BCUT2D eigenvalue weighted by Gasteiger charge is -2.33. The lowest BCUT2D eigenvalue weighted by molar-refractivity contribution is -0.122. The molecule has 0 saturated carbocycles. The van der Waals surface area contributed by atoms with Crippen molar-refractivity contribution in [3.8, 4) is 0 Å². The van der Waals surface area contributed by atoms with Crippen molar-refractivity contribution in [3.05, 3.63) is 54.0 Å². The number of hydrogen-bond acceptors (Lipinski definition) is 5. The average Bonchev–Trinajstić information content (AvgIpc) is 2.69. The summed E-state index contributed by atoms with van der Waals surface area (Å²) < 4.78 is 0. The van der Waals surface area contributed by atoms with Gasteiger partial charge in [-0.3, -0.25) is 4.79 Å². The highest BCUT2D eigenvalue weighted by Crippen LogP contribution is 2.19. The summed E-state index contributed by atoms with van der Waals surface area (Å²) in [5.74, 6) is 1.00. The fourth-order valence-corrected chi connectivity index (χ4v) is 3.31. The normalized spacial score (nSPS) is 15.1. The summed E-state index contributed by atoms with van der Waals surface area (Å²) >= 11 is 0. The first kappa shape index (κ1) is 24.1. The van der Waals surface area contributed by atoms with E-state index in [1.54, 1.807) is 6.33 Å². The molecule has 0 bridgehead atoms. The Morgan fingerprint density at radius 3 is 2.54 bits per heavy atom. The van der Waals surface area contributed by atoms with Crippen molar-refractivity contribution in [2.45, 2.75) is 44.7 Å². The van der Waals surface area contributed by atoms with Crippen LogP contribution in [0, 0.1) is 0 Å². The summed E-state index contributed by atoms with van der Waals surface area (Å²) in [4.78, 5) is 23.2. The number of halogens is 2. The molecule has 1 saturated heterocycles. The van der Waals surface area contributed by atoms with E-state index in [9.17, 15) is 4.79 Å². The Morgan fingerprint density at radius 1 is 1.21 bits per heavy atom. The van der Waals surface area contributed by atoms with Gasteiger partial charge in [-0.1, -0.05) is 37.3 Å². The van der Waals surface area contributed by atoms with Gasteiger partial charge in [0.05, 0.1) is 0 Å². The van der Waals surface area contributed by atoms with Crippen LogP contribution in [-0.4, -0.2) is 35.0 Å². The van der Waals surface area contributed by atoms with Crippen LogP contribution in [0.2, 0.25) is 0 Å². The molecule has 28 heavy (non-hydrogen) atoms. The number of hydrogen-bond donors (Lipinski definition) is 2. The third kappa shape index (κ3) is 6.62. The van der Waals surface area contributed by atoms with Crippen LogP contribution in [0.5, 0.6) is 0 Å². The molecule has 2 heterocycles. The summed E-state index contributed by atoms with van der Waals surface area (Å²) in [5.41, 5.74) is 8.19. The van der Waals surface area contributed by atoms with E-state index in [1.165, 1.54) is 0 Å². The van der Waals surface area contributed by atoms with Crippen LogP contribution in [0.3, 0.4) is 0 Å². The van der Waals surface area contributed by atoms with Crippen LogP contribution in [-0.2, 0) is 11.2 Å². The third-order valence-electron chi connectivity index (χ3n) is 4.89. The van der Waals surface area contributed by atoms with Crippen molar-refractivity contribution in [1.29, 1.82) is 0 Å². The topological polar surface area (TPSA) is 84.1 Å². The molecule has 1 aromatic carbocycles. The molecule has 0 aliphatic carbocycles. The van der Waals surface area contributed by atoms with E-state index >= 15 is 0 Å². The number of carbonyl (C=O) groups excluding carboxylic acids is 1. The average molecular weight is 426 g/mol. The highest BCUT2D eigenvalue weighted by atomic mass is 35.5. The zero-order chi connectivity index (χ0) is 18.4. The number of benzene rings is 1. The number of piperidine rings is 1. The van der Waals surface area contributed by atoms with Crippen molar-refractivity contribution in [3.63, 3.8) is 0 Å². The third-order valence-corrected chi connectivity index (χ3v) is 4.89. The molecular weight excluding hydrogens is 397 g/mol. The lowest BCUT2D eigenvalue weighted by atomic mass is 10.0. The van der Waals surface area contributed by atoms with Crippen LogP contribution in [0.4, 0.5) is 5.82 Å². The van der Waals surface area contributed by atoms with Gasteiger partial charge in [-0.25, -0.2) is 9.97 Å². The van der Waals surface area contributed by atoms with Crippen LogP contribution >= 0.6 is 24.8 Å². The Balaban J connectivity index is 0.00000196. The summed E-state index contributed by atoms with van der Waals surface area (Å²) in [7, 11) is 0. The Hall–Kier alpha value is -1.89. The van der Waals surface area contributed by atoms with E-state index in [4.69, 9.17) is 5.73 Å². The molecule has 6 nitrogen and oxygen atoms in total. The number of nitrogens with one attached hydrogen (secondary N) is 1. The Labute approximate surface area is 179 Å². The lowest BCUT2D eigenvalue weighted by Crippen LogP contribution is -2.45. The number of carbonyl (C=O) groups is 1. The Bertz CT molecular complexity index is 724. The molecule has 0 spiro atoms. The second-order valence-corrected chi connectivity index (χ2v) is 6.77. The molecule has 1 amide bonds. The zero-order valence-corrected chi connectivity index (χ0v) is 17.7. The molecule has 154 valence electrons. The van der Waals surface area contributed by atoms with Gasteiger partial charge in [0, 0.05) is 43.4 Å². The fraction of sp³-hybridized carbons (Fsp3) is 0.450. The molecule has 8 heteroatoms. The highest BCUT2D eigenvalue weighted by molar-refractivity contribution is 5.85. The van der Waals surface area contributed by atoms with Crippen LogP contribution in [0.15, 0.2) is 42.7 Å². The van der Waals surface area contributed by atoms with E-state index < -0.39 is 0 Å². The molecule has 1 atom stereocenters. The van der Waals surface area contributed by atoms with E-state index in [0.29, 0.717) is 6.42 Å². The monoisotopic (exact) mass is 425 g/mol. The second-order valence-electron chi connectivity index (χ2n) is 6.77. The first-order valence-corrected chi connectivity index (χ1v) is 9.31. The first-order valence-electron chi connectivity index (χ1n) is 9.31. The predicted octanol–water partition coefficient (Wildman–Crippen LogP) is 3.06. The van der Waals surface area contributed by atoms with Crippen molar-refractivity contribution >= 4 is 36.5 Å². The van der Waals surface area contributed by atoms with Crippen molar-refractivity contribution in [1.82, 2.24) is 15.3 Å². The van der Waals surface area contributed by atoms with Crippen LogP contribution in [0.25, 0.3) is 0 Å². The van der Waals surface area contributed by atoms with E-state index in [0.717, 1.165) is 49.4 Å². The predicted molar refractivity (Wildman–Crippen MR) is 117 cm³/mol. The minimum Gasteiger partial charge on any atom is -0.356 e. The summed E-state index contributed by atoms with van der Waals surface area (Å²) in [6.45, 7) is 3.86. The number of anilines is 1. The maximum Gasteiger partial charge on any atom is 0.222 e. The number of nitrogens with zero attached hydrogens (tertiary/aromatic N) is 3.